The second-order valence-electron chi connectivity index (χ2n) is 3.89. The van der Waals surface area contributed by atoms with E-state index in [4.69, 9.17) is 0 Å². The highest BCUT2D eigenvalue weighted by atomic mass is 16.3. The minimum Gasteiger partial charge on any atom is -0.393 e. The Morgan fingerprint density at radius 1 is 1.38 bits per heavy atom. The summed E-state index contributed by atoms with van der Waals surface area (Å²) in [5, 5.41) is 9.63. The third-order valence-electron chi connectivity index (χ3n) is 2.98. The zero-order valence-electron chi connectivity index (χ0n) is 7.98. The van der Waals surface area contributed by atoms with Crippen LogP contribution >= 0.6 is 0 Å². The van der Waals surface area contributed by atoms with Crippen LogP contribution in [0.4, 0.5) is 0 Å². The van der Waals surface area contributed by atoms with E-state index in [1.54, 1.807) is 0 Å². The number of hydrogen-bond acceptors (Lipinski definition) is 1. The quantitative estimate of drug-likeness (QED) is 0.750. The van der Waals surface area contributed by atoms with Crippen LogP contribution in [-0.4, -0.2) is 11.2 Å². The molecule has 0 saturated heterocycles. The molecule has 2 rings (SSSR count). The summed E-state index contributed by atoms with van der Waals surface area (Å²) < 4.78 is 0. The van der Waals surface area contributed by atoms with Gasteiger partial charge in [-0.15, -0.1) is 0 Å². The molecule has 70 valence electrons. The Balaban J connectivity index is 2.00. The maximum absolute atomic E-state index is 9.63. The topological polar surface area (TPSA) is 20.2 Å². The fraction of sp³-hybridized carbons (Fsp3) is 0.500. The van der Waals surface area contributed by atoms with E-state index in [2.05, 4.69) is 24.3 Å². The van der Waals surface area contributed by atoms with E-state index >= 15 is 0 Å². The van der Waals surface area contributed by atoms with Gasteiger partial charge in [0.25, 0.3) is 0 Å². The molecule has 1 fully saturated rings. The van der Waals surface area contributed by atoms with Crippen LogP contribution < -0.4 is 0 Å². The van der Waals surface area contributed by atoms with Gasteiger partial charge in [0.05, 0.1) is 6.10 Å². The number of hydrogen-bond donors (Lipinski definition) is 1. The van der Waals surface area contributed by atoms with E-state index in [0.29, 0.717) is 11.8 Å². The van der Waals surface area contributed by atoms with Crippen LogP contribution in [0.15, 0.2) is 30.3 Å². The summed E-state index contributed by atoms with van der Waals surface area (Å²) in [6.07, 6.45) is 1.96. The molecule has 0 spiro atoms. The summed E-state index contributed by atoms with van der Waals surface area (Å²) >= 11 is 0. The van der Waals surface area contributed by atoms with Crippen molar-refractivity contribution in [3.05, 3.63) is 35.9 Å². The van der Waals surface area contributed by atoms with Gasteiger partial charge in [0, 0.05) is 0 Å². The van der Waals surface area contributed by atoms with Crippen LogP contribution in [0, 0.1) is 5.92 Å². The van der Waals surface area contributed by atoms with Crippen molar-refractivity contribution in [2.45, 2.75) is 31.8 Å². The van der Waals surface area contributed by atoms with Crippen molar-refractivity contribution in [1.82, 2.24) is 0 Å². The molecule has 0 aliphatic heterocycles. The third kappa shape index (κ3) is 1.75. The lowest BCUT2D eigenvalue weighted by Gasteiger charge is -2.06. The Kier molecular flexibility index (Phi) is 2.36. The average molecular weight is 176 g/mol. The first-order valence-corrected chi connectivity index (χ1v) is 5.06. The second kappa shape index (κ2) is 3.51. The summed E-state index contributed by atoms with van der Waals surface area (Å²) in [5.41, 5.74) is 1.39. The van der Waals surface area contributed by atoms with E-state index in [1.807, 2.05) is 13.0 Å². The highest BCUT2D eigenvalue weighted by Gasteiger charge is 2.42. The van der Waals surface area contributed by atoms with Gasteiger partial charge in [0.15, 0.2) is 0 Å². The molecular formula is C12H16O. The normalized spacial score (nSPS) is 28.5. The van der Waals surface area contributed by atoms with Crippen LogP contribution in [0.5, 0.6) is 0 Å². The molecule has 0 radical (unpaired) electrons. The molecule has 3 atom stereocenters. The monoisotopic (exact) mass is 176 g/mol. The Labute approximate surface area is 79.4 Å². The maximum atomic E-state index is 9.63. The molecule has 1 aromatic rings. The number of rotatable bonds is 3. The Bertz CT molecular complexity index is 268. The SMILES string of the molecule is CC[C@@H](O)[C@@H]1C[C@@H]1c1ccccc1. The van der Waals surface area contributed by atoms with Crippen LogP contribution in [-0.2, 0) is 0 Å². The van der Waals surface area contributed by atoms with Gasteiger partial charge in [-0.3, -0.25) is 0 Å². The third-order valence-corrected chi connectivity index (χ3v) is 2.98. The maximum Gasteiger partial charge on any atom is 0.0571 e. The number of benzene rings is 1. The molecule has 1 aliphatic carbocycles. The summed E-state index contributed by atoms with van der Waals surface area (Å²) in [6.45, 7) is 2.05. The molecule has 13 heavy (non-hydrogen) atoms. The molecule has 1 heteroatoms. The molecule has 0 bridgehead atoms. The van der Waals surface area contributed by atoms with Crippen LogP contribution in [0.25, 0.3) is 0 Å². The van der Waals surface area contributed by atoms with Crippen LogP contribution in [0.2, 0.25) is 0 Å². The highest BCUT2D eigenvalue weighted by molar-refractivity contribution is 5.26. The number of aliphatic hydroxyl groups is 1. The Morgan fingerprint density at radius 2 is 2.08 bits per heavy atom. The molecule has 1 aromatic carbocycles. The zero-order chi connectivity index (χ0) is 9.26. The summed E-state index contributed by atoms with van der Waals surface area (Å²) in [4.78, 5) is 0. The van der Waals surface area contributed by atoms with E-state index in [0.717, 1.165) is 6.42 Å². The molecule has 1 aliphatic rings. The lowest BCUT2D eigenvalue weighted by Crippen LogP contribution is -2.07. The van der Waals surface area contributed by atoms with Gasteiger partial charge in [-0.05, 0) is 30.2 Å². The second-order valence-corrected chi connectivity index (χ2v) is 3.89. The summed E-state index contributed by atoms with van der Waals surface area (Å²) in [7, 11) is 0. The highest BCUT2D eigenvalue weighted by Crippen LogP contribution is 2.49. The minimum absolute atomic E-state index is 0.0924. The van der Waals surface area contributed by atoms with Crippen molar-refractivity contribution in [2.75, 3.05) is 0 Å². The molecule has 0 heterocycles. The van der Waals surface area contributed by atoms with E-state index in [1.165, 1.54) is 12.0 Å². The van der Waals surface area contributed by atoms with Gasteiger partial charge in [0.2, 0.25) is 0 Å². The van der Waals surface area contributed by atoms with Gasteiger partial charge in [-0.2, -0.15) is 0 Å². The molecule has 1 nitrogen and oxygen atoms in total. The molecule has 0 amide bonds. The van der Waals surface area contributed by atoms with Gasteiger partial charge >= 0.3 is 0 Å². The largest absolute Gasteiger partial charge is 0.393 e. The van der Waals surface area contributed by atoms with Crippen molar-refractivity contribution in [3.8, 4) is 0 Å². The van der Waals surface area contributed by atoms with E-state index < -0.39 is 0 Å². The lowest BCUT2D eigenvalue weighted by atomic mass is 10.1. The Morgan fingerprint density at radius 3 is 2.69 bits per heavy atom. The average Bonchev–Trinajstić information content (AvgIpc) is 2.98. The van der Waals surface area contributed by atoms with E-state index in [9.17, 15) is 5.11 Å². The first-order valence-electron chi connectivity index (χ1n) is 5.06. The summed E-state index contributed by atoms with van der Waals surface area (Å²) in [6, 6.07) is 10.5. The van der Waals surface area contributed by atoms with Crippen molar-refractivity contribution in [3.63, 3.8) is 0 Å². The Hall–Kier alpha value is -0.820. The fourth-order valence-electron chi connectivity index (χ4n) is 2.03. The molecule has 0 aromatic heterocycles. The predicted molar refractivity (Wildman–Crippen MR) is 53.6 cm³/mol. The molecular weight excluding hydrogens is 160 g/mol. The predicted octanol–water partition coefficient (Wildman–Crippen LogP) is 2.56. The number of aliphatic hydroxyl groups excluding tert-OH is 1. The van der Waals surface area contributed by atoms with Gasteiger partial charge in [-0.1, -0.05) is 37.3 Å². The smallest absolute Gasteiger partial charge is 0.0571 e. The van der Waals surface area contributed by atoms with Crippen molar-refractivity contribution >= 4 is 0 Å². The first-order chi connectivity index (χ1) is 6.33. The van der Waals surface area contributed by atoms with Crippen molar-refractivity contribution in [2.24, 2.45) is 5.92 Å². The zero-order valence-corrected chi connectivity index (χ0v) is 7.98. The minimum atomic E-state index is -0.0924. The van der Waals surface area contributed by atoms with Gasteiger partial charge in [-0.25, -0.2) is 0 Å². The van der Waals surface area contributed by atoms with Crippen molar-refractivity contribution < 1.29 is 5.11 Å². The molecule has 1 saturated carbocycles. The van der Waals surface area contributed by atoms with Crippen molar-refractivity contribution in [1.29, 1.82) is 0 Å². The lowest BCUT2D eigenvalue weighted by molar-refractivity contribution is 0.145. The van der Waals surface area contributed by atoms with Gasteiger partial charge < -0.3 is 5.11 Å². The van der Waals surface area contributed by atoms with E-state index in [-0.39, 0.29) is 6.10 Å². The summed E-state index contributed by atoms with van der Waals surface area (Å²) in [5.74, 6) is 1.14. The fourth-order valence-corrected chi connectivity index (χ4v) is 2.03. The first kappa shape index (κ1) is 8.76. The molecule has 1 N–H and O–H groups in total. The van der Waals surface area contributed by atoms with Gasteiger partial charge in [0.1, 0.15) is 0 Å². The van der Waals surface area contributed by atoms with Crippen LogP contribution in [0.3, 0.4) is 0 Å². The standard InChI is InChI=1S/C12H16O/c1-2-12(13)11-8-10(11)9-6-4-3-5-7-9/h3-7,10-13H,2,8H2,1H3/t10-,11-,12-/m1/s1. The molecule has 0 unspecified atom stereocenters. The van der Waals surface area contributed by atoms with Crippen LogP contribution in [0.1, 0.15) is 31.2 Å².